The van der Waals surface area contributed by atoms with E-state index in [-0.39, 0.29) is 12.0 Å². The molecule has 0 saturated heterocycles. The van der Waals surface area contributed by atoms with E-state index in [4.69, 9.17) is 5.11 Å². The van der Waals surface area contributed by atoms with E-state index in [2.05, 4.69) is 4.74 Å². The van der Waals surface area contributed by atoms with Crippen LogP contribution < -0.4 is 0 Å². The number of halogens is 1. The van der Waals surface area contributed by atoms with E-state index in [1.165, 1.54) is 19.2 Å². The maximum absolute atomic E-state index is 13.4. The minimum Gasteiger partial charge on any atom is -0.505 e. The molecule has 0 heterocycles. The fraction of sp³-hybridized carbons (Fsp3) is 0.125. The molecule has 0 aliphatic rings. The highest BCUT2D eigenvalue weighted by Crippen LogP contribution is 2.29. The third-order valence-corrected chi connectivity index (χ3v) is 3.14. The van der Waals surface area contributed by atoms with Crippen LogP contribution in [0, 0.1) is 5.82 Å². The molecule has 6 heteroatoms. The first-order valence-electron chi connectivity index (χ1n) is 6.35. The van der Waals surface area contributed by atoms with Gasteiger partial charge in [0.05, 0.1) is 18.2 Å². The number of hydrogen-bond acceptors (Lipinski definition) is 5. The molecule has 2 aromatic carbocycles. The Hall–Kier alpha value is -2.89. The monoisotopic (exact) mass is 304 g/mol. The molecule has 2 rings (SSSR count). The van der Waals surface area contributed by atoms with Crippen molar-refractivity contribution in [2.24, 2.45) is 0 Å². The summed E-state index contributed by atoms with van der Waals surface area (Å²) in [5.74, 6) is -3.84. The van der Waals surface area contributed by atoms with Gasteiger partial charge in [0.15, 0.2) is 17.3 Å². The Kier molecular flexibility index (Phi) is 4.41. The Balaban J connectivity index is 2.19. The van der Waals surface area contributed by atoms with Gasteiger partial charge in [-0.2, -0.15) is 4.39 Å². The molecule has 0 amide bonds. The zero-order valence-electron chi connectivity index (χ0n) is 11.7. The molecule has 0 radical (unpaired) electrons. The largest absolute Gasteiger partial charge is 0.505 e. The number of esters is 1. The van der Waals surface area contributed by atoms with Crippen LogP contribution in [0.25, 0.3) is 0 Å². The lowest BCUT2D eigenvalue weighted by Crippen LogP contribution is -2.06. The highest BCUT2D eigenvalue weighted by Gasteiger charge is 2.18. The van der Waals surface area contributed by atoms with Crippen molar-refractivity contribution in [1.29, 1.82) is 0 Å². The topological polar surface area (TPSA) is 83.8 Å². The van der Waals surface area contributed by atoms with Crippen LogP contribution in [0.1, 0.15) is 26.3 Å². The van der Waals surface area contributed by atoms with E-state index in [9.17, 15) is 19.1 Å². The molecule has 0 atom stereocenters. The summed E-state index contributed by atoms with van der Waals surface area (Å²) in [4.78, 5) is 23.4. The van der Waals surface area contributed by atoms with Crippen LogP contribution >= 0.6 is 0 Å². The molecule has 0 aliphatic heterocycles. The second kappa shape index (κ2) is 6.26. The number of Topliss-reactive ketones (excluding diaryl/α,β-unsaturated/α-hetero) is 1. The number of phenols is 2. The highest BCUT2D eigenvalue weighted by molar-refractivity contribution is 6.00. The summed E-state index contributed by atoms with van der Waals surface area (Å²) in [6.45, 7) is 0. The average Bonchev–Trinajstić information content (AvgIpc) is 2.52. The van der Waals surface area contributed by atoms with Crippen molar-refractivity contribution in [1.82, 2.24) is 0 Å². The third kappa shape index (κ3) is 3.06. The smallest absolute Gasteiger partial charge is 0.337 e. The van der Waals surface area contributed by atoms with Crippen molar-refractivity contribution >= 4 is 11.8 Å². The maximum atomic E-state index is 13.4. The molecule has 0 bridgehead atoms. The van der Waals surface area contributed by atoms with Crippen LogP contribution in [0.15, 0.2) is 36.4 Å². The van der Waals surface area contributed by atoms with Crippen LogP contribution in [0.3, 0.4) is 0 Å². The van der Waals surface area contributed by atoms with E-state index < -0.39 is 29.1 Å². The van der Waals surface area contributed by atoms with E-state index in [0.717, 1.165) is 12.1 Å². The van der Waals surface area contributed by atoms with E-state index >= 15 is 0 Å². The summed E-state index contributed by atoms with van der Waals surface area (Å²) in [7, 11) is 1.27. The SMILES string of the molecule is COC(=O)c1ccc(CC(=O)c2ccc(O)c(F)c2O)cc1. The van der Waals surface area contributed by atoms with Crippen molar-refractivity contribution < 1.29 is 28.9 Å². The lowest BCUT2D eigenvalue weighted by atomic mass is 10.0. The average molecular weight is 304 g/mol. The molecule has 2 N–H and O–H groups in total. The van der Waals surface area contributed by atoms with Gasteiger partial charge in [-0.05, 0) is 29.8 Å². The molecule has 0 unspecified atom stereocenters. The van der Waals surface area contributed by atoms with Gasteiger partial charge in [0.1, 0.15) is 0 Å². The third-order valence-electron chi connectivity index (χ3n) is 3.14. The lowest BCUT2D eigenvalue weighted by molar-refractivity contribution is 0.0600. The Morgan fingerprint density at radius 3 is 2.32 bits per heavy atom. The maximum Gasteiger partial charge on any atom is 0.337 e. The van der Waals surface area contributed by atoms with Gasteiger partial charge < -0.3 is 14.9 Å². The number of benzene rings is 2. The van der Waals surface area contributed by atoms with Gasteiger partial charge in [-0.15, -0.1) is 0 Å². The molecular weight excluding hydrogens is 291 g/mol. The standard InChI is InChI=1S/C16H13FO5/c1-22-16(21)10-4-2-9(3-5-10)8-13(19)11-6-7-12(18)14(17)15(11)20/h2-7,18,20H,8H2,1H3. The number of carbonyl (C=O) groups is 2. The molecule has 0 aromatic heterocycles. The fourth-order valence-corrected chi connectivity index (χ4v) is 1.94. The molecule has 22 heavy (non-hydrogen) atoms. The number of phenolic OH excluding ortho intramolecular Hbond substituents is 2. The van der Waals surface area contributed by atoms with Gasteiger partial charge in [-0.1, -0.05) is 12.1 Å². The number of aromatic hydroxyl groups is 2. The molecule has 0 aliphatic carbocycles. The normalized spacial score (nSPS) is 10.3. The van der Waals surface area contributed by atoms with E-state index in [0.29, 0.717) is 11.1 Å². The second-order valence-electron chi connectivity index (χ2n) is 4.58. The van der Waals surface area contributed by atoms with Crippen molar-refractivity contribution in [3.05, 3.63) is 58.9 Å². The van der Waals surface area contributed by atoms with Crippen LogP contribution in [-0.4, -0.2) is 29.1 Å². The summed E-state index contributed by atoms with van der Waals surface area (Å²) < 4.78 is 17.9. The fourth-order valence-electron chi connectivity index (χ4n) is 1.94. The summed E-state index contributed by atoms with van der Waals surface area (Å²) in [6, 6.07) is 8.30. The van der Waals surface area contributed by atoms with Gasteiger partial charge in [0, 0.05) is 6.42 Å². The molecule has 0 saturated carbocycles. The number of rotatable bonds is 4. The Morgan fingerprint density at radius 2 is 1.73 bits per heavy atom. The summed E-state index contributed by atoms with van der Waals surface area (Å²) >= 11 is 0. The number of methoxy groups -OCH3 is 1. The van der Waals surface area contributed by atoms with Gasteiger partial charge in [-0.25, -0.2) is 4.79 Å². The Labute approximate surface area is 125 Å². The zero-order valence-corrected chi connectivity index (χ0v) is 11.7. The van der Waals surface area contributed by atoms with Crippen molar-refractivity contribution in [2.75, 3.05) is 7.11 Å². The Bertz CT molecular complexity index is 722. The van der Waals surface area contributed by atoms with Gasteiger partial charge in [-0.3, -0.25) is 4.79 Å². The summed E-state index contributed by atoms with van der Waals surface area (Å²) in [6.07, 6.45) is -0.0841. The number of ketones is 1. The van der Waals surface area contributed by atoms with Crippen LogP contribution in [0.2, 0.25) is 0 Å². The molecule has 2 aromatic rings. The van der Waals surface area contributed by atoms with Crippen molar-refractivity contribution in [3.8, 4) is 11.5 Å². The minimum atomic E-state index is -1.23. The molecule has 114 valence electrons. The number of hydrogen-bond donors (Lipinski definition) is 2. The predicted octanol–water partition coefficient (Wildman–Crippen LogP) is 2.45. The number of ether oxygens (including phenoxy) is 1. The van der Waals surface area contributed by atoms with Crippen molar-refractivity contribution in [2.45, 2.75) is 6.42 Å². The first-order chi connectivity index (χ1) is 10.4. The molecule has 0 spiro atoms. The first-order valence-corrected chi connectivity index (χ1v) is 6.35. The van der Waals surface area contributed by atoms with Crippen LogP contribution in [0.4, 0.5) is 4.39 Å². The minimum absolute atomic E-state index is 0.0841. The highest BCUT2D eigenvalue weighted by atomic mass is 19.1. The van der Waals surface area contributed by atoms with Gasteiger partial charge in [0.25, 0.3) is 0 Å². The van der Waals surface area contributed by atoms with Gasteiger partial charge >= 0.3 is 5.97 Å². The Morgan fingerprint density at radius 1 is 1.09 bits per heavy atom. The zero-order chi connectivity index (χ0) is 16.3. The van der Waals surface area contributed by atoms with Crippen LogP contribution in [0.5, 0.6) is 11.5 Å². The van der Waals surface area contributed by atoms with Gasteiger partial charge in [0.2, 0.25) is 5.82 Å². The van der Waals surface area contributed by atoms with E-state index in [1.54, 1.807) is 12.1 Å². The molecule has 5 nitrogen and oxygen atoms in total. The quantitative estimate of drug-likeness (QED) is 0.669. The molecular formula is C16H13FO5. The van der Waals surface area contributed by atoms with E-state index in [1.807, 2.05) is 0 Å². The number of carbonyl (C=O) groups excluding carboxylic acids is 2. The predicted molar refractivity (Wildman–Crippen MR) is 75.5 cm³/mol. The first kappa shape index (κ1) is 15.5. The van der Waals surface area contributed by atoms with Crippen LogP contribution in [-0.2, 0) is 11.2 Å². The summed E-state index contributed by atoms with van der Waals surface area (Å²) in [5, 5.41) is 18.7. The second-order valence-corrected chi connectivity index (χ2v) is 4.58. The van der Waals surface area contributed by atoms with Crippen molar-refractivity contribution in [3.63, 3.8) is 0 Å². The molecule has 0 fully saturated rings. The summed E-state index contributed by atoms with van der Waals surface area (Å²) in [5.41, 5.74) is 0.718. The lowest BCUT2D eigenvalue weighted by Gasteiger charge is -2.06.